The number of nitrogens with one attached hydrogen (secondary N) is 1. The quantitative estimate of drug-likeness (QED) is 0.188. The van der Waals surface area contributed by atoms with E-state index in [1.165, 1.54) is 6.92 Å². The van der Waals surface area contributed by atoms with E-state index in [4.69, 9.17) is 19.7 Å². The topological polar surface area (TPSA) is 126 Å². The zero-order valence-electron chi connectivity index (χ0n) is 20.3. The van der Waals surface area contributed by atoms with Crippen molar-refractivity contribution in [3.8, 4) is 11.4 Å². The first kappa shape index (κ1) is 22.3. The monoisotopic (exact) mass is 482 g/mol. The van der Waals surface area contributed by atoms with Crippen molar-refractivity contribution in [2.24, 2.45) is 11.1 Å². The number of hydrogen-bond donors (Lipinski definition) is 2. The van der Waals surface area contributed by atoms with E-state index in [1.54, 1.807) is 12.4 Å². The third-order valence-electron chi connectivity index (χ3n) is 7.87. The second kappa shape index (κ2) is 8.22. The Morgan fingerprint density at radius 2 is 2.08 bits per heavy atom. The summed E-state index contributed by atoms with van der Waals surface area (Å²) in [5.41, 5.74) is 4.42. The van der Waals surface area contributed by atoms with E-state index in [9.17, 15) is 4.79 Å². The molecule has 4 aromatic rings. The summed E-state index contributed by atoms with van der Waals surface area (Å²) >= 11 is 0. The molecule has 6 rings (SSSR count). The van der Waals surface area contributed by atoms with Gasteiger partial charge in [0, 0.05) is 39.6 Å². The first-order chi connectivity index (χ1) is 17.4. The number of benzene rings is 1. The van der Waals surface area contributed by atoms with Crippen LogP contribution in [0.15, 0.2) is 52.4 Å². The van der Waals surface area contributed by atoms with Gasteiger partial charge in [0.05, 0.1) is 17.4 Å². The van der Waals surface area contributed by atoms with Gasteiger partial charge in [-0.1, -0.05) is 42.4 Å². The third-order valence-corrected chi connectivity index (χ3v) is 7.87. The highest BCUT2D eigenvalue weighted by Crippen LogP contribution is 2.53. The van der Waals surface area contributed by atoms with Crippen LogP contribution >= 0.6 is 0 Å². The molecule has 0 bridgehead atoms. The van der Waals surface area contributed by atoms with E-state index < -0.39 is 5.91 Å². The molecule has 0 aliphatic heterocycles. The number of carbonyl (C=O) groups is 1. The average molecular weight is 483 g/mol. The van der Waals surface area contributed by atoms with Crippen LogP contribution in [0.1, 0.15) is 66.2 Å². The maximum absolute atomic E-state index is 13.4. The van der Waals surface area contributed by atoms with Gasteiger partial charge in [0.1, 0.15) is 17.3 Å². The van der Waals surface area contributed by atoms with Gasteiger partial charge in [0.15, 0.2) is 5.82 Å². The van der Waals surface area contributed by atoms with Crippen molar-refractivity contribution < 1.29 is 14.5 Å². The van der Waals surface area contributed by atoms with Crippen LogP contribution in [0.25, 0.3) is 22.3 Å². The highest BCUT2D eigenvalue weighted by molar-refractivity contribution is 6.06. The van der Waals surface area contributed by atoms with Crippen LogP contribution in [-0.4, -0.2) is 37.1 Å². The number of carbonyl (C=O) groups excluding carboxylic acids is 1. The summed E-state index contributed by atoms with van der Waals surface area (Å²) in [6, 6.07) is 9.71. The Hall–Kier alpha value is -4.14. The predicted octanol–water partition coefficient (Wildman–Crippen LogP) is 4.40. The zero-order valence-corrected chi connectivity index (χ0v) is 20.3. The molecule has 9 heteroatoms. The predicted molar refractivity (Wildman–Crippen MR) is 133 cm³/mol. The van der Waals surface area contributed by atoms with Crippen LogP contribution in [-0.2, 0) is 18.3 Å². The first-order valence-corrected chi connectivity index (χ1v) is 12.1. The summed E-state index contributed by atoms with van der Waals surface area (Å²) in [6.07, 6.45) is 5.80. The van der Waals surface area contributed by atoms with Gasteiger partial charge in [-0.25, -0.2) is 9.97 Å². The summed E-state index contributed by atoms with van der Waals surface area (Å²) < 4.78 is 5.62. The number of amides is 1. The molecule has 3 aromatic heterocycles. The lowest BCUT2D eigenvalue weighted by Crippen LogP contribution is -2.46. The van der Waals surface area contributed by atoms with Crippen LogP contribution in [0, 0.1) is 5.92 Å². The summed E-state index contributed by atoms with van der Waals surface area (Å²) in [5.74, 6) is 1.56. The number of aromatic nitrogens is 4. The fourth-order valence-electron chi connectivity index (χ4n) is 6.21. The van der Waals surface area contributed by atoms with Gasteiger partial charge in [0.25, 0.3) is 5.91 Å². The largest absolute Gasteiger partial charge is 0.409 e. The lowest BCUT2D eigenvalue weighted by Gasteiger charge is -2.47. The van der Waals surface area contributed by atoms with Gasteiger partial charge >= 0.3 is 0 Å². The standard InChI is InChI=1S/C27H26N6O3/c1-14-20-9-8-19-22(26(34)30-15(2)33-35)31-25(18-10-11-28-21-7-5-4-6-17(18)21)32-24(19)27(20,3)12-16-13-29-36-23(14)16/h4-7,10-11,13-14,20,35H,8-9,12H2,1-3H3,(H,30,33,34)/t14-,20-,27-/m1/s1. The summed E-state index contributed by atoms with van der Waals surface area (Å²) in [6.45, 7) is 5.94. The minimum Gasteiger partial charge on any atom is -0.409 e. The minimum atomic E-state index is -0.417. The van der Waals surface area contributed by atoms with Crippen molar-refractivity contribution in [2.45, 2.75) is 51.4 Å². The SMILES string of the molecule is C/C(=N/O)NC(=O)c1nc(-c2ccnc3ccccc23)nc2c1CC[C@@H]1[C@@H](C)c3oncc3C[C@@]21C. The molecule has 0 saturated carbocycles. The van der Waals surface area contributed by atoms with E-state index in [0.29, 0.717) is 17.9 Å². The average Bonchev–Trinajstić information content (AvgIpc) is 3.36. The Morgan fingerprint density at radius 3 is 2.92 bits per heavy atom. The molecule has 0 unspecified atom stereocenters. The van der Waals surface area contributed by atoms with Crippen molar-refractivity contribution in [1.29, 1.82) is 0 Å². The number of hydrogen-bond acceptors (Lipinski definition) is 8. The molecule has 0 radical (unpaired) electrons. The second-order valence-electron chi connectivity index (χ2n) is 9.98. The fraction of sp³-hybridized carbons (Fsp3) is 0.333. The van der Waals surface area contributed by atoms with Gasteiger partial charge in [-0.2, -0.15) is 0 Å². The number of pyridine rings is 1. The van der Waals surface area contributed by atoms with E-state index in [1.807, 2.05) is 30.3 Å². The Labute approximate surface area is 207 Å². The Kier molecular flexibility index (Phi) is 5.10. The normalized spacial score (nSPS) is 23.0. The molecule has 0 spiro atoms. The molecule has 2 aliphatic carbocycles. The molecule has 3 atom stereocenters. The number of fused-ring (bicyclic) bond motifs is 5. The molecule has 182 valence electrons. The fourth-order valence-corrected chi connectivity index (χ4v) is 6.21. The van der Waals surface area contributed by atoms with E-state index in [-0.39, 0.29) is 23.1 Å². The highest BCUT2D eigenvalue weighted by atomic mass is 16.5. The van der Waals surface area contributed by atoms with Crippen molar-refractivity contribution in [3.05, 3.63) is 71.0 Å². The lowest BCUT2D eigenvalue weighted by atomic mass is 9.56. The van der Waals surface area contributed by atoms with Crippen LogP contribution < -0.4 is 5.32 Å². The van der Waals surface area contributed by atoms with Crippen molar-refractivity contribution in [1.82, 2.24) is 25.4 Å². The summed E-state index contributed by atoms with van der Waals surface area (Å²) in [4.78, 5) is 27.8. The summed E-state index contributed by atoms with van der Waals surface area (Å²) in [5, 5.41) is 19.9. The molecular formula is C27H26N6O3. The van der Waals surface area contributed by atoms with E-state index >= 15 is 0 Å². The number of amidine groups is 1. The lowest BCUT2D eigenvalue weighted by molar-refractivity contribution is 0.0966. The molecule has 2 N–H and O–H groups in total. The molecule has 3 heterocycles. The molecule has 0 fully saturated rings. The van der Waals surface area contributed by atoms with Crippen LogP contribution in [0.4, 0.5) is 0 Å². The Morgan fingerprint density at radius 1 is 1.25 bits per heavy atom. The van der Waals surface area contributed by atoms with Crippen molar-refractivity contribution >= 4 is 22.6 Å². The second-order valence-corrected chi connectivity index (χ2v) is 9.98. The van der Waals surface area contributed by atoms with Gasteiger partial charge in [-0.05, 0) is 44.2 Å². The smallest absolute Gasteiger partial charge is 0.275 e. The molecule has 9 nitrogen and oxygen atoms in total. The van der Waals surface area contributed by atoms with Gasteiger partial charge in [-0.3, -0.25) is 9.78 Å². The molecular weight excluding hydrogens is 456 g/mol. The van der Waals surface area contributed by atoms with Crippen LogP contribution in [0.3, 0.4) is 0 Å². The van der Waals surface area contributed by atoms with Crippen LogP contribution in [0.5, 0.6) is 0 Å². The number of nitrogens with zero attached hydrogens (tertiary/aromatic N) is 5. The molecule has 0 saturated heterocycles. The minimum absolute atomic E-state index is 0.101. The first-order valence-electron chi connectivity index (χ1n) is 12.1. The third kappa shape index (κ3) is 3.30. The van der Waals surface area contributed by atoms with Crippen molar-refractivity contribution in [2.75, 3.05) is 0 Å². The van der Waals surface area contributed by atoms with Gasteiger partial charge in [0.2, 0.25) is 0 Å². The highest BCUT2D eigenvalue weighted by Gasteiger charge is 2.50. The van der Waals surface area contributed by atoms with Crippen LogP contribution in [0.2, 0.25) is 0 Å². The number of para-hydroxylation sites is 1. The molecule has 2 aliphatic rings. The Balaban J connectivity index is 1.60. The zero-order chi connectivity index (χ0) is 25.0. The van der Waals surface area contributed by atoms with E-state index in [2.05, 4.69) is 34.5 Å². The summed E-state index contributed by atoms with van der Waals surface area (Å²) in [7, 11) is 0. The maximum Gasteiger partial charge on any atom is 0.275 e. The van der Waals surface area contributed by atoms with Gasteiger partial charge in [-0.15, -0.1) is 0 Å². The number of rotatable bonds is 2. The molecule has 1 amide bonds. The van der Waals surface area contributed by atoms with E-state index in [0.717, 1.165) is 51.9 Å². The number of oxime groups is 1. The van der Waals surface area contributed by atoms with Crippen molar-refractivity contribution in [3.63, 3.8) is 0 Å². The Bertz CT molecular complexity index is 1540. The molecule has 1 aromatic carbocycles. The van der Waals surface area contributed by atoms with Gasteiger partial charge < -0.3 is 15.0 Å². The molecule has 36 heavy (non-hydrogen) atoms. The maximum atomic E-state index is 13.4.